The molecule has 0 bridgehead atoms. The molecule has 6 heteroatoms. The molecule has 0 unspecified atom stereocenters. The summed E-state index contributed by atoms with van der Waals surface area (Å²) in [7, 11) is -1.84. The number of rotatable bonds is 7. The van der Waals surface area contributed by atoms with Crippen molar-refractivity contribution < 1.29 is 9.47 Å². The second-order valence-electron chi connectivity index (χ2n) is 18.5. The molecule has 63 heavy (non-hydrogen) atoms. The molecule has 2 heterocycles. The Balaban J connectivity index is 1.21. The summed E-state index contributed by atoms with van der Waals surface area (Å²) in [4.78, 5) is 4.77. The van der Waals surface area contributed by atoms with Crippen LogP contribution in [0.1, 0.15) is 22.3 Å². The highest BCUT2D eigenvalue weighted by atomic mass is 28.3. The zero-order valence-corrected chi connectivity index (χ0v) is 38.0. The highest BCUT2D eigenvalue weighted by Gasteiger charge is 2.44. The van der Waals surface area contributed by atoms with Crippen LogP contribution in [-0.2, 0) is 0 Å². The van der Waals surface area contributed by atoms with Crippen molar-refractivity contribution >= 4 is 92.0 Å². The van der Waals surface area contributed by atoms with Gasteiger partial charge in [0.05, 0.1) is 19.4 Å². The summed E-state index contributed by atoms with van der Waals surface area (Å²) in [6, 6.07) is 62.3. The largest absolute Gasteiger partial charge is 0.458 e. The maximum absolute atomic E-state index is 7.30. The molecule has 306 valence electrons. The molecule has 11 rings (SSSR count). The van der Waals surface area contributed by atoms with Gasteiger partial charge in [0, 0.05) is 51.1 Å². The molecule has 0 fully saturated rings. The molecule has 0 saturated heterocycles. The van der Waals surface area contributed by atoms with Gasteiger partial charge in [-0.1, -0.05) is 144 Å². The van der Waals surface area contributed by atoms with Crippen molar-refractivity contribution in [2.45, 2.75) is 47.3 Å². The molecule has 0 spiro atoms. The minimum Gasteiger partial charge on any atom is -0.458 e. The van der Waals surface area contributed by atoms with Gasteiger partial charge < -0.3 is 19.3 Å². The topological polar surface area (TPSA) is 24.9 Å². The first-order chi connectivity index (χ1) is 30.5. The van der Waals surface area contributed by atoms with Crippen LogP contribution in [0.5, 0.6) is 23.0 Å². The van der Waals surface area contributed by atoms with Crippen molar-refractivity contribution in [2.24, 2.45) is 0 Å². The molecule has 0 N–H and O–H groups in total. The van der Waals surface area contributed by atoms with Crippen LogP contribution in [0.3, 0.4) is 0 Å². The Bertz CT molecular complexity index is 2950. The fraction of sp³-hybridized carbons (Fsp3) is 0.123. The van der Waals surface area contributed by atoms with E-state index in [0.29, 0.717) is 0 Å². The first-order valence-electron chi connectivity index (χ1n) is 22.0. The summed E-state index contributed by atoms with van der Waals surface area (Å²) in [6.45, 7) is 15.6. The van der Waals surface area contributed by atoms with Crippen LogP contribution in [-0.4, -0.2) is 14.8 Å². The molecule has 4 nitrogen and oxygen atoms in total. The number of nitrogens with zero attached hydrogens (tertiary/aromatic N) is 2. The Morgan fingerprint density at radius 2 is 0.667 bits per heavy atom. The third kappa shape index (κ3) is 6.59. The van der Waals surface area contributed by atoms with Crippen LogP contribution >= 0.6 is 0 Å². The van der Waals surface area contributed by atoms with E-state index in [1.807, 2.05) is 0 Å². The molecule has 0 radical (unpaired) electrons. The van der Waals surface area contributed by atoms with E-state index in [1.54, 1.807) is 0 Å². The van der Waals surface area contributed by atoms with E-state index in [0.717, 1.165) is 95.1 Å². The van der Waals surface area contributed by atoms with Crippen LogP contribution in [0.4, 0.5) is 34.1 Å². The first kappa shape index (κ1) is 38.9. The van der Waals surface area contributed by atoms with E-state index in [-0.39, 0.29) is 6.71 Å². The Kier molecular flexibility index (Phi) is 9.14. The van der Waals surface area contributed by atoms with Crippen molar-refractivity contribution in [3.8, 4) is 23.0 Å². The number of hydrogen-bond donors (Lipinski definition) is 0. The van der Waals surface area contributed by atoms with Crippen molar-refractivity contribution in [1.29, 1.82) is 0 Å². The van der Waals surface area contributed by atoms with Gasteiger partial charge in [-0.25, -0.2) is 0 Å². The summed E-state index contributed by atoms with van der Waals surface area (Å²) in [5.74, 6) is 3.48. The summed E-state index contributed by atoms with van der Waals surface area (Å²) in [5.41, 5.74) is 14.8. The maximum atomic E-state index is 7.30. The molecule has 0 aromatic heterocycles. The quantitative estimate of drug-likeness (QED) is 0.149. The SMILES string of the molecule is Cc1ccc(N(c2ccc(C)cc2)c2cc3c(c4ccccc24)B2c4c(cc([Si](C)(C)C)cc4Oc4cc(N(c5ccc(C)cc5)c5ccc(C)cc5)c5ccccc5c42)O3)cc1. The van der Waals surface area contributed by atoms with Gasteiger partial charge >= 0.3 is 0 Å². The zero-order chi connectivity index (χ0) is 43.1. The van der Waals surface area contributed by atoms with E-state index in [2.05, 4.69) is 227 Å². The van der Waals surface area contributed by atoms with Gasteiger partial charge in [0.15, 0.2) is 0 Å². The predicted octanol–water partition coefficient (Wildman–Crippen LogP) is 13.4. The number of fused-ring (bicyclic) bond motifs is 8. The van der Waals surface area contributed by atoms with Crippen molar-refractivity contribution in [2.75, 3.05) is 9.80 Å². The van der Waals surface area contributed by atoms with Gasteiger partial charge in [0.25, 0.3) is 6.71 Å². The molecular formula is C57H49BN2O2Si. The van der Waals surface area contributed by atoms with Gasteiger partial charge in [0.1, 0.15) is 23.0 Å². The molecule has 0 atom stereocenters. The average Bonchev–Trinajstić information content (AvgIpc) is 3.28. The lowest BCUT2D eigenvalue weighted by Gasteiger charge is -2.37. The van der Waals surface area contributed by atoms with Gasteiger partial charge in [0.2, 0.25) is 0 Å². The third-order valence-corrected chi connectivity index (χ3v) is 15.0. The molecule has 2 aliphatic rings. The van der Waals surface area contributed by atoms with Crippen LogP contribution in [0.15, 0.2) is 170 Å². The minimum absolute atomic E-state index is 0.157. The summed E-state index contributed by atoms with van der Waals surface area (Å²) >= 11 is 0. The van der Waals surface area contributed by atoms with E-state index in [1.165, 1.54) is 27.4 Å². The lowest BCUT2D eigenvalue weighted by atomic mass is 9.33. The predicted molar refractivity (Wildman–Crippen MR) is 270 cm³/mol. The fourth-order valence-corrected chi connectivity index (χ4v) is 10.8. The Hall–Kier alpha value is -7.02. The molecular weight excluding hydrogens is 784 g/mol. The highest BCUT2D eigenvalue weighted by Crippen LogP contribution is 2.47. The summed E-state index contributed by atoms with van der Waals surface area (Å²) in [5, 5.41) is 5.93. The van der Waals surface area contributed by atoms with Gasteiger partial charge in [-0.2, -0.15) is 0 Å². The Labute approximate surface area is 372 Å². The molecule has 0 aliphatic carbocycles. The lowest BCUT2D eigenvalue weighted by Crippen LogP contribution is -2.58. The lowest BCUT2D eigenvalue weighted by molar-refractivity contribution is 0.466. The Morgan fingerprint density at radius 1 is 0.365 bits per heavy atom. The van der Waals surface area contributed by atoms with Crippen LogP contribution in [0.25, 0.3) is 21.5 Å². The van der Waals surface area contributed by atoms with E-state index in [9.17, 15) is 0 Å². The second kappa shape index (κ2) is 14.8. The average molecular weight is 833 g/mol. The molecule has 0 saturated carbocycles. The van der Waals surface area contributed by atoms with Gasteiger partial charge in [-0.05, 0) is 110 Å². The minimum atomic E-state index is -1.84. The highest BCUT2D eigenvalue weighted by molar-refractivity contribution is 7.01. The van der Waals surface area contributed by atoms with Gasteiger partial charge in [-0.3, -0.25) is 0 Å². The number of ether oxygens (including phenoxy) is 2. The first-order valence-corrected chi connectivity index (χ1v) is 25.5. The molecule has 0 amide bonds. The summed E-state index contributed by atoms with van der Waals surface area (Å²) < 4.78 is 14.6. The molecule has 9 aromatic carbocycles. The third-order valence-electron chi connectivity index (χ3n) is 13.0. The van der Waals surface area contributed by atoms with Gasteiger partial charge in [-0.15, -0.1) is 0 Å². The van der Waals surface area contributed by atoms with E-state index < -0.39 is 8.07 Å². The molecule has 9 aromatic rings. The van der Waals surface area contributed by atoms with Crippen LogP contribution in [0, 0.1) is 27.7 Å². The normalized spacial score (nSPS) is 12.6. The van der Waals surface area contributed by atoms with Crippen LogP contribution < -0.4 is 40.8 Å². The van der Waals surface area contributed by atoms with Crippen molar-refractivity contribution in [3.63, 3.8) is 0 Å². The number of hydrogen-bond acceptors (Lipinski definition) is 4. The standard InChI is InChI=1S/C57H49BN2O2Si/c1-36-16-24-40(25-17-36)59(41-26-18-37(2)19-27-41)49-34-53-55(47-14-10-8-12-45(47)49)58-56-48-15-11-9-13-46(48)50(60(42-28-20-38(3)21-29-42)43-30-22-39(4)23-31-43)35-54(56)62-52-33-44(63(5,6)7)32-51(61-53)57(52)58/h8-35H,1-7H3. The van der Waals surface area contributed by atoms with E-state index >= 15 is 0 Å². The molecule has 2 aliphatic heterocycles. The Morgan fingerprint density at radius 3 is 0.984 bits per heavy atom. The monoisotopic (exact) mass is 832 g/mol. The zero-order valence-electron chi connectivity index (χ0n) is 37.0. The smallest absolute Gasteiger partial charge is 0.262 e. The maximum Gasteiger partial charge on any atom is 0.262 e. The van der Waals surface area contributed by atoms with Crippen LogP contribution in [0.2, 0.25) is 19.6 Å². The summed E-state index contributed by atoms with van der Waals surface area (Å²) in [6.07, 6.45) is 0. The van der Waals surface area contributed by atoms with Crippen molar-refractivity contribution in [1.82, 2.24) is 0 Å². The second-order valence-corrected chi connectivity index (χ2v) is 23.6. The van der Waals surface area contributed by atoms with Crippen molar-refractivity contribution in [3.05, 3.63) is 192 Å². The fourth-order valence-electron chi connectivity index (χ4n) is 9.63. The number of aryl methyl sites for hydroxylation is 4. The number of anilines is 6. The van der Waals surface area contributed by atoms with E-state index in [4.69, 9.17) is 9.47 Å². The number of benzene rings is 9.